The van der Waals surface area contributed by atoms with Crippen LogP contribution in [0.3, 0.4) is 0 Å². The molecular formula is C28H28ClN3O3S2. The van der Waals surface area contributed by atoms with Crippen LogP contribution in [0.15, 0.2) is 34.2 Å². The Morgan fingerprint density at radius 3 is 2.76 bits per heavy atom. The average Bonchev–Trinajstić information content (AvgIpc) is 3.48. The molecule has 1 aliphatic heterocycles. The van der Waals surface area contributed by atoms with Crippen molar-refractivity contribution in [2.24, 2.45) is 4.99 Å². The van der Waals surface area contributed by atoms with E-state index in [2.05, 4.69) is 20.9 Å². The smallest absolute Gasteiger partial charge is 0.341 e. The highest BCUT2D eigenvalue weighted by Crippen LogP contribution is 2.40. The topological polar surface area (TPSA) is 72.7 Å². The van der Waals surface area contributed by atoms with Crippen LogP contribution in [-0.2, 0) is 22.4 Å². The van der Waals surface area contributed by atoms with Crippen molar-refractivity contribution in [1.29, 1.82) is 0 Å². The summed E-state index contributed by atoms with van der Waals surface area (Å²) in [5.41, 5.74) is 6.44. The summed E-state index contributed by atoms with van der Waals surface area (Å²) in [6.45, 7) is 8.17. The number of amidine groups is 1. The van der Waals surface area contributed by atoms with Crippen LogP contribution in [0.2, 0.25) is 5.02 Å². The molecule has 0 spiro atoms. The molecule has 5 rings (SSSR count). The number of amides is 1. The van der Waals surface area contributed by atoms with E-state index in [4.69, 9.17) is 16.3 Å². The van der Waals surface area contributed by atoms with Gasteiger partial charge in [-0.05, 0) is 112 Å². The second-order valence-corrected chi connectivity index (χ2v) is 11.7. The number of halogens is 1. The lowest BCUT2D eigenvalue weighted by atomic mass is 9.95. The molecule has 1 aromatic carbocycles. The Kier molecular flexibility index (Phi) is 7.34. The fraction of sp³-hybridized carbons (Fsp3) is 0.321. The van der Waals surface area contributed by atoms with Crippen molar-refractivity contribution in [2.45, 2.75) is 53.4 Å². The van der Waals surface area contributed by atoms with E-state index in [1.54, 1.807) is 17.4 Å². The first-order valence-corrected chi connectivity index (χ1v) is 14.3. The molecule has 0 saturated carbocycles. The number of aromatic nitrogens is 1. The maximum absolute atomic E-state index is 13.0. The minimum atomic E-state index is -0.256. The number of aryl methyl sites for hydroxylation is 3. The first kappa shape index (κ1) is 25.8. The van der Waals surface area contributed by atoms with Crippen molar-refractivity contribution in [3.05, 3.63) is 72.7 Å². The number of rotatable bonds is 5. The Morgan fingerprint density at radius 2 is 2.00 bits per heavy atom. The van der Waals surface area contributed by atoms with Gasteiger partial charge in [-0.25, -0.2) is 9.79 Å². The summed E-state index contributed by atoms with van der Waals surface area (Å²) in [5.74, 6) is -0.438. The predicted molar refractivity (Wildman–Crippen MR) is 153 cm³/mol. The Hall–Kier alpha value is -2.81. The van der Waals surface area contributed by atoms with Gasteiger partial charge in [-0.1, -0.05) is 11.6 Å². The standard InChI is InChI=1S/C28H28ClN3O3S2/c1-5-35-27(34)24-20-8-6-7-9-22(20)36-26(24)32-16(3)13-18(17(32)4)14-23-25(33)31-28(37-23)30-21-11-10-19(29)12-15(21)2/h10-14H,5-9H2,1-4H3,(H,30,31,33)/b23-14-. The molecule has 1 N–H and O–H groups in total. The number of esters is 1. The second kappa shape index (κ2) is 10.5. The quantitative estimate of drug-likeness (QED) is 0.271. The van der Waals surface area contributed by atoms with Crippen molar-refractivity contribution in [3.63, 3.8) is 0 Å². The molecule has 1 saturated heterocycles. The zero-order chi connectivity index (χ0) is 26.3. The van der Waals surface area contributed by atoms with Gasteiger partial charge in [0.05, 0.1) is 22.8 Å². The van der Waals surface area contributed by atoms with Gasteiger partial charge in [-0.2, -0.15) is 0 Å². The Labute approximate surface area is 229 Å². The molecule has 2 aliphatic rings. The van der Waals surface area contributed by atoms with Crippen LogP contribution < -0.4 is 5.32 Å². The number of thioether (sulfide) groups is 1. The van der Waals surface area contributed by atoms with Gasteiger partial charge in [0.2, 0.25) is 0 Å². The molecule has 1 aliphatic carbocycles. The molecule has 0 unspecified atom stereocenters. The molecule has 9 heteroatoms. The summed E-state index contributed by atoms with van der Waals surface area (Å²) in [6, 6.07) is 7.53. The molecule has 3 heterocycles. The summed E-state index contributed by atoms with van der Waals surface area (Å²) < 4.78 is 7.59. The van der Waals surface area contributed by atoms with Crippen LogP contribution in [0.5, 0.6) is 0 Å². The van der Waals surface area contributed by atoms with Crippen molar-refractivity contribution in [2.75, 3.05) is 6.61 Å². The summed E-state index contributed by atoms with van der Waals surface area (Å²) in [6.07, 6.45) is 6.02. The lowest BCUT2D eigenvalue weighted by molar-refractivity contribution is -0.115. The molecule has 6 nitrogen and oxygen atoms in total. The van der Waals surface area contributed by atoms with E-state index in [-0.39, 0.29) is 11.9 Å². The first-order chi connectivity index (χ1) is 17.8. The molecule has 3 aromatic rings. The highest BCUT2D eigenvalue weighted by molar-refractivity contribution is 8.18. The molecule has 37 heavy (non-hydrogen) atoms. The summed E-state index contributed by atoms with van der Waals surface area (Å²) in [7, 11) is 0. The number of hydrogen-bond donors (Lipinski definition) is 1. The fourth-order valence-electron chi connectivity index (χ4n) is 4.84. The Morgan fingerprint density at radius 1 is 1.22 bits per heavy atom. The van der Waals surface area contributed by atoms with Crippen molar-refractivity contribution in [3.8, 4) is 5.00 Å². The summed E-state index contributed by atoms with van der Waals surface area (Å²) >= 11 is 9.06. The van der Waals surface area contributed by atoms with Gasteiger partial charge in [0, 0.05) is 21.3 Å². The highest BCUT2D eigenvalue weighted by atomic mass is 35.5. The Balaban J connectivity index is 1.51. The Bertz CT molecular complexity index is 1480. The van der Waals surface area contributed by atoms with Gasteiger partial charge < -0.3 is 14.6 Å². The monoisotopic (exact) mass is 553 g/mol. The van der Waals surface area contributed by atoms with E-state index in [1.165, 1.54) is 16.6 Å². The molecule has 0 atom stereocenters. The second-order valence-electron chi connectivity index (χ2n) is 9.19. The van der Waals surface area contributed by atoms with Gasteiger partial charge >= 0.3 is 5.97 Å². The molecule has 192 valence electrons. The van der Waals surface area contributed by atoms with E-state index in [1.807, 2.05) is 45.9 Å². The largest absolute Gasteiger partial charge is 0.462 e. The number of carbonyl (C=O) groups is 2. The fourth-order valence-corrected chi connectivity index (χ4v) is 7.38. The number of ether oxygens (including phenoxy) is 1. The van der Waals surface area contributed by atoms with Gasteiger partial charge in [0.15, 0.2) is 5.17 Å². The van der Waals surface area contributed by atoms with E-state index in [0.29, 0.717) is 27.3 Å². The lowest BCUT2D eigenvalue weighted by Crippen LogP contribution is -2.19. The van der Waals surface area contributed by atoms with Gasteiger partial charge in [-0.15, -0.1) is 11.3 Å². The van der Waals surface area contributed by atoms with E-state index >= 15 is 0 Å². The summed E-state index contributed by atoms with van der Waals surface area (Å²) in [5, 5.41) is 4.96. The number of nitrogens with one attached hydrogen (secondary N) is 1. The van der Waals surface area contributed by atoms with Crippen LogP contribution in [0.4, 0.5) is 5.69 Å². The maximum atomic E-state index is 13.0. The SMILES string of the molecule is CCOC(=O)c1c(-n2c(C)cc(/C=C3\SC(=Nc4ccc(Cl)cc4C)NC3=O)c2C)sc2c1CCCC2. The van der Waals surface area contributed by atoms with E-state index in [0.717, 1.165) is 64.4 Å². The minimum Gasteiger partial charge on any atom is -0.462 e. The van der Waals surface area contributed by atoms with E-state index < -0.39 is 0 Å². The third kappa shape index (κ3) is 5.02. The van der Waals surface area contributed by atoms with Crippen LogP contribution in [0.1, 0.15) is 63.1 Å². The lowest BCUT2D eigenvalue weighted by Gasteiger charge is -2.13. The number of nitrogens with zero attached hydrogens (tertiary/aromatic N) is 2. The van der Waals surface area contributed by atoms with Crippen molar-refractivity contribution < 1.29 is 14.3 Å². The molecule has 0 bridgehead atoms. The number of carbonyl (C=O) groups excluding carboxylic acids is 2. The molecular weight excluding hydrogens is 526 g/mol. The number of aliphatic imine (C=N–C) groups is 1. The van der Waals surface area contributed by atoms with E-state index in [9.17, 15) is 9.59 Å². The van der Waals surface area contributed by atoms with Gasteiger partial charge in [0.25, 0.3) is 5.91 Å². The van der Waals surface area contributed by atoms with Crippen molar-refractivity contribution in [1.82, 2.24) is 9.88 Å². The molecule has 2 aromatic heterocycles. The van der Waals surface area contributed by atoms with Crippen LogP contribution in [0, 0.1) is 20.8 Å². The van der Waals surface area contributed by atoms with Crippen molar-refractivity contribution >= 4 is 63.5 Å². The third-order valence-corrected chi connectivity index (χ3v) is 9.05. The van der Waals surface area contributed by atoms with Gasteiger partial charge in [-0.3, -0.25) is 4.79 Å². The minimum absolute atomic E-state index is 0.182. The van der Waals surface area contributed by atoms with Crippen LogP contribution >= 0.6 is 34.7 Å². The zero-order valence-electron chi connectivity index (χ0n) is 21.2. The predicted octanol–water partition coefficient (Wildman–Crippen LogP) is 7.06. The third-order valence-electron chi connectivity index (χ3n) is 6.62. The normalized spacial score (nSPS) is 17.4. The average molecular weight is 554 g/mol. The number of thiophene rings is 1. The number of fused-ring (bicyclic) bond motifs is 1. The van der Waals surface area contributed by atoms with Crippen LogP contribution in [0.25, 0.3) is 11.1 Å². The number of benzene rings is 1. The van der Waals surface area contributed by atoms with Crippen LogP contribution in [-0.4, -0.2) is 28.2 Å². The maximum Gasteiger partial charge on any atom is 0.341 e. The highest BCUT2D eigenvalue weighted by Gasteiger charge is 2.29. The molecule has 1 fully saturated rings. The molecule has 1 amide bonds. The van der Waals surface area contributed by atoms with Gasteiger partial charge in [0.1, 0.15) is 5.00 Å². The number of hydrogen-bond acceptors (Lipinski definition) is 6. The summed E-state index contributed by atoms with van der Waals surface area (Å²) in [4.78, 5) is 32.3. The zero-order valence-corrected chi connectivity index (χ0v) is 23.6. The first-order valence-electron chi connectivity index (χ1n) is 12.3. The molecule has 0 radical (unpaired) electrons.